The first-order valence-corrected chi connectivity index (χ1v) is 6.65. The molecule has 0 radical (unpaired) electrons. The van der Waals surface area contributed by atoms with Crippen LogP contribution in [0.2, 0.25) is 0 Å². The highest BCUT2D eigenvalue weighted by atomic mass is 16.5. The molecule has 92 valence electrons. The summed E-state index contributed by atoms with van der Waals surface area (Å²) in [7, 11) is 0. The standard InChI is InChI=1S/C16H17NO/c1-12-5-6-15-14(9-12)13(11-17)10-16(18-15)7-3-2-4-8-16/h5-6,9-10H,2-4,7-8H2,1H3. The number of nitriles is 1. The first kappa shape index (κ1) is 11.3. The lowest BCUT2D eigenvalue weighted by Gasteiger charge is -2.38. The fraction of sp³-hybridized carbons (Fsp3) is 0.438. The number of ether oxygens (including phenoxy) is 1. The van der Waals surface area contributed by atoms with E-state index in [1.165, 1.54) is 19.3 Å². The minimum Gasteiger partial charge on any atom is -0.482 e. The van der Waals surface area contributed by atoms with Crippen LogP contribution < -0.4 is 4.74 Å². The van der Waals surface area contributed by atoms with E-state index in [1.807, 2.05) is 19.1 Å². The molecule has 3 rings (SSSR count). The molecule has 0 amide bonds. The van der Waals surface area contributed by atoms with Gasteiger partial charge in [0.05, 0.1) is 11.6 Å². The Morgan fingerprint density at radius 1 is 1.22 bits per heavy atom. The molecule has 0 N–H and O–H groups in total. The van der Waals surface area contributed by atoms with Gasteiger partial charge in [0, 0.05) is 5.56 Å². The summed E-state index contributed by atoms with van der Waals surface area (Å²) >= 11 is 0. The van der Waals surface area contributed by atoms with Crippen molar-refractivity contribution in [3.05, 3.63) is 35.4 Å². The Hall–Kier alpha value is -1.75. The maximum absolute atomic E-state index is 9.37. The van der Waals surface area contributed by atoms with Gasteiger partial charge in [-0.3, -0.25) is 0 Å². The monoisotopic (exact) mass is 239 g/mol. The molecule has 18 heavy (non-hydrogen) atoms. The van der Waals surface area contributed by atoms with Crippen molar-refractivity contribution >= 4 is 5.57 Å². The van der Waals surface area contributed by atoms with Gasteiger partial charge in [0.25, 0.3) is 0 Å². The van der Waals surface area contributed by atoms with Gasteiger partial charge in [-0.2, -0.15) is 5.26 Å². The van der Waals surface area contributed by atoms with Crippen molar-refractivity contribution in [1.82, 2.24) is 0 Å². The third-order valence-electron chi connectivity index (χ3n) is 3.97. The molecule has 1 heterocycles. The Bertz CT molecular complexity index is 545. The molecule has 0 bridgehead atoms. The number of hydrogen-bond donors (Lipinski definition) is 0. The van der Waals surface area contributed by atoms with Crippen LogP contribution in [0.4, 0.5) is 0 Å². The number of benzene rings is 1. The Morgan fingerprint density at radius 3 is 2.72 bits per heavy atom. The number of fused-ring (bicyclic) bond motifs is 1. The fourth-order valence-corrected chi connectivity index (χ4v) is 3.02. The van der Waals surface area contributed by atoms with Crippen molar-refractivity contribution < 1.29 is 4.74 Å². The molecule has 2 nitrogen and oxygen atoms in total. The first-order chi connectivity index (χ1) is 8.72. The summed E-state index contributed by atoms with van der Waals surface area (Å²) in [6.07, 6.45) is 7.79. The molecule has 2 heteroatoms. The molecule has 2 aliphatic rings. The Kier molecular flexibility index (Phi) is 2.63. The normalized spacial score (nSPS) is 20.6. The molecule has 1 aromatic carbocycles. The Balaban J connectivity index is 2.08. The van der Waals surface area contributed by atoms with Crippen LogP contribution in [-0.2, 0) is 0 Å². The molecular formula is C16H17NO. The van der Waals surface area contributed by atoms with E-state index in [0.29, 0.717) is 0 Å². The van der Waals surface area contributed by atoms with E-state index in [-0.39, 0.29) is 5.60 Å². The Labute approximate surface area is 108 Å². The third kappa shape index (κ3) is 1.80. The van der Waals surface area contributed by atoms with Crippen molar-refractivity contribution in [3.63, 3.8) is 0 Å². The van der Waals surface area contributed by atoms with E-state index in [1.54, 1.807) is 0 Å². The molecule has 1 aliphatic carbocycles. The SMILES string of the molecule is Cc1ccc2c(c1)C(C#N)=CC1(CCCCC1)O2. The minimum atomic E-state index is -0.217. The second kappa shape index (κ2) is 4.17. The molecule has 1 spiro atoms. The van der Waals surface area contributed by atoms with Crippen LogP contribution in [0, 0.1) is 18.3 Å². The lowest BCUT2D eigenvalue weighted by Crippen LogP contribution is -2.38. The molecule has 1 saturated carbocycles. The highest BCUT2D eigenvalue weighted by Gasteiger charge is 2.36. The van der Waals surface area contributed by atoms with Gasteiger partial charge in [-0.25, -0.2) is 0 Å². The summed E-state index contributed by atoms with van der Waals surface area (Å²) in [6, 6.07) is 8.44. The van der Waals surface area contributed by atoms with Gasteiger partial charge >= 0.3 is 0 Å². The fourth-order valence-electron chi connectivity index (χ4n) is 3.02. The first-order valence-electron chi connectivity index (χ1n) is 6.65. The Morgan fingerprint density at radius 2 is 2.00 bits per heavy atom. The number of nitrogens with zero attached hydrogens (tertiary/aromatic N) is 1. The zero-order chi connectivity index (χ0) is 12.6. The van der Waals surface area contributed by atoms with E-state index < -0.39 is 0 Å². The average molecular weight is 239 g/mol. The van der Waals surface area contributed by atoms with Crippen LogP contribution in [0.15, 0.2) is 24.3 Å². The van der Waals surface area contributed by atoms with Gasteiger partial charge in [0.1, 0.15) is 11.4 Å². The summed E-state index contributed by atoms with van der Waals surface area (Å²) in [5, 5.41) is 9.37. The lowest BCUT2D eigenvalue weighted by atomic mass is 9.81. The predicted octanol–water partition coefficient (Wildman–Crippen LogP) is 4.00. The molecule has 0 aromatic heterocycles. The summed E-state index contributed by atoms with van der Waals surface area (Å²) < 4.78 is 6.22. The number of aryl methyl sites for hydroxylation is 1. The van der Waals surface area contributed by atoms with E-state index in [9.17, 15) is 5.26 Å². The van der Waals surface area contributed by atoms with Crippen LogP contribution in [0.1, 0.15) is 43.2 Å². The highest BCUT2D eigenvalue weighted by molar-refractivity contribution is 5.82. The van der Waals surface area contributed by atoms with Crippen molar-refractivity contribution in [2.75, 3.05) is 0 Å². The maximum atomic E-state index is 9.37. The molecule has 1 aromatic rings. The average Bonchev–Trinajstić information content (AvgIpc) is 2.39. The summed E-state index contributed by atoms with van der Waals surface area (Å²) in [6.45, 7) is 2.04. The van der Waals surface area contributed by atoms with Crippen molar-refractivity contribution in [2.45, 2.75) is 44.6 Å². The topological polar surface area (TPSA) is 33.0 Å². The zero-order valence-electron chi connectivity index (χ0n) is 10.7. The number of rotatable bonds is 0. The highest BCUT2D eigenvalue weighted by Crippen LogP contribution is 2.42. The van der Waals surface area contributed by atoms with Crippen LogP contribution in [0.25, 0.3) is 5.57 Å². The summed E-state index contributed by atoms with van der Waals surface area (Å²) in [4.78, 5) is 0. The molecule has 0 saturated heterocycles. The molecule has 1 fully saturated rings. The van der Waals surface area contributed by atoms with Gasteiger partial charge in [0.15, 0.2) is 0 Å². The van der Waals surface area contributed by atoms with Crippen molar-refractivity contribution in [3.8, 4) is 11.8 Å². The largest absolute Gasteiger partial charge is 0.482 e. The van der Waals surface area contributed by atoms with E-state index in [2.05, 4.69) is 18.2 Å². The van der Waals surface area contributed by atoms with Gasteiger partial charge in [-0.05, 0) is 50.8 Å². The smallest absolute Gasteiger partial charge is 0.129 e. The predicted molar refractivity (Wildman–Crippen MR) is 71.2 cm³/mol. The van der Waals surface area contributed by atoms with E-state index >= 15 is 0 Å². The van der Waals surface area contributed by atoms with Gasteiger partial charge in [-0.15, -0.1) is 0 Å². The lowest BCUT2D eigenvalue weighted by molar-refractivity contribution is 0.0747. The summed E-state index contributed by atoms with van der Waals surface area (Å²) in [5.41, 5.74) is 2.68. The second-order valence-electron chi connectivity index (χ2n) is 5.40. The zero-order valence-corrected chi connectivity index (χ0v) is 10.7. The van der Waals surface area contributed by atoms with Crippen molar-refractivity contribution in [1.29, 1.82) is 5.26 Å². The van der Waals surface area contributed by atoms with Crippen LogP contribution in [0.5, 0.6) is 5.75 Å². The molecule has 0 atom stereocenters. The van der Waals surface area contributed by atoms with Crippen LogP contribution >= 0.6 is 0 Å². The van der Waals surface area contributed by atoms with Gasteiger partial charge in [-0.1, -0.05) is 18.1 Å². The van der Waals surface area contributed by atoms with Gasteiger partial charge in [0.2, 0.25) is 0 Å². The minimum absolute atomic E-state index is 0.217. The molecule has 0 unspecified atom stereocenters. The second-order valence-corrected chi connectivity index (χ2v) is 5.40. The van der Waals surface area contributed by atoms with E-state index in [0.717, 1.165) is 35.3 Å². The number of allylic oxidation sites excluding steroid dienone is 1. The van der Waals surface area contributed by atoms with Gasteiger partial charge < -0.3 is 4.74 Å². The number of hydrogen-bond acceptors (Lipinski definition) is 2. The quantitative estimate of drug-likeness (QED) is 0.685. The summed E-state index contributed by atoms with van der Waals surface area (Å²) in [5.74, 6) is 0.876. The van der Waals surface area contributed by atoms with E-state index in [4.69, 9.17) is 4.74 Å². The third-order valence-corrected chi connectivity index (χ3v) is 3.97. The van der Waals surface area contributed by atoms with Crippen molar-refractivity contribution in [2.24, 2.45) is 0 Å². The maximum Gasteiger partial charge on any atom is 0.129 e. The molecular weight excluding hydrogens is 222 g/mol. The van der Waals surface area contributed by atoms with Crippen LogP contribution in [-0.4, -0.2) is 5.60 Å². The molecule has 1 aliphatic heterocycles. The van der Waals surface area contributed by atoms with Crippen LogP contribution in [0.3, 0.4) is 0 Å².